The van der Waals surface area contributed by atoms with E-state index >= 15 is 0 Å². The molecule has 36 heavy (non-hydrogen) atoms. The van der Waals surface area contributed by atoms with Crippen molar-refractivity contribution < 1.29 is 23.0 Å². The monoisotopic (exact) mass is 511 g/mol. The highest BCUT2D eigenvalue weighted by Gasteiger charge is 2.37. The number of aromatic amines is 1. The predicted octanol–water partition coefficient (Wildman–Crippen LogP) is 2.19. The van der Waals surface area contributed by atoms with Crippen LogP contribution in [-0.2, 0) is 10.9 Å². The summed E-state index contributed by atoms with van der Waals surface area (Å²) in [7, 11) is 0. The van der Waals surface area contributed by atoms with Crippen molar-refractivity contribution in [2.24, 2.45) is 0 Å². The van der Waals surface area contributed by atoms with E-state index in [4.69, 9.17) is 4.74 Å². The highest BCUT2D eigenvalue weighted by atomic mass is 19.4. The van der Waals surface area contributed by atoms with Gasteiger partial charge in [0.2, 0.25) is 5.95 Å². The maximum absolute atomic E-state index is 13.2. The number of H-pyrrole nitrogens is 1. The third-order valence-electron chi connectivity index (χ3n) is 6.48. The first-order chi connectivity index (χ1) is 17.1. The minimum atomic E-state index is -4.81. The van der Waals surface area contributed by atoms with Gasteiger partial charge in [-0.1, -0.05) is 0 Å². The van der Waals surface area contributed by atoms with Crippen molar-refractivity contribution in [1.29, 1.82) is 0 Å². The molecule has 0 radical (unpaired) electrons. The lowest BCUT2D eigenvalue weighted by atomic mass is 10.1. The van der Waals surface area contributed by atoms with Crippen LogP contribution in [0.15, 0.2) is 23.4 Å². The third-order valence-corrected chi connectivity index (χ3v) is 6.48. The fourth-order valence-corrected chi connectivity index (χ4v) is 4.43. The molecule has 2 fully saturated rings. The van der Waals surface area contributed by atoms with Crippen molar-refractivity contribution in [3.05, 3.63) is 40.1 Å². The van der Waals surface area contributed by atoms with E-state index in [1.807, 2.05) is 24.2 Å². The summed E-state index contributed by atoms with van der Waals surface area (Å²) in [6.07, 6.45) is 2.00. The molecule has 0 bridgehead atoms. The molecular weight excluding hydrogens is 479 g/mol. The molecule has 0 spiro atoms. The number of hydrogen-bond acceptors (Lipinski definition) is 9. The summed E-state index contributed by atoms with van der Waals surface area (Å²) < 4.78 is 45.1. The number of aliphatic hydroxyl groups excluding tert-OH is 1. The number of halogens is 3. The van der Waals surface area contributed by atoms with Crippen molar-refractivity contribution in [3.8, 4) is 0 Å². The molecule has 0 amide bonds. The standard InChI is InChI=1S/C23H32F3N7O3/c1-14(30-18-11-29-31-21(35)20(18)23(24,25)26)13-36-8-5-19(34)33-7-6-32(12-15(33)2)22-27-9-17(10-28-22)16-3-4-16/h9-11,14-16,19,34H,3-8,12-13H2,1-2H3,(H2,30,31,35)/t14-,15+,19?/m0/s1. The van der Waals surface area contributed by atoms with Gasteiger partial charge in [-0.25, -0.2) is 15.1 Å². The zero-order valence-corrected chi connectivity index (χ0v) is 20.3. The van der Waals surface area contributed by atoms with Gasteiger partial charge in [0.25, 0.3) is 5.56 Å². The molecule has 13 heteroatoms. The SMILES string of the molecule is C[C@@H]1CN(c2ncc(C3CC3)cn2)CCN1C(O)CCOC[C@H](C)Nc1cn[nH]c(=O)c1C(F)(F)F. The van der Waals surface area contributed by atoms with Gasteiger partial charge in [-0.3, -0.25) is 9.69 Å². The van der Waals surface area contributed by atoms with E-state index in [0.29, 0.717) is 37.9 Å². The smallest absolute Gasteiger partial charge is 0.379 e. The largest absolute Gasteiger partial charge is 0.423 e. The van der Waals surface area contributed by atoms with Gasteiger partial charge in [0.05, 0.1) is 25.1 Å². The fraction of sp³-hybridized carbons (Fsp3) is 0.652. The molecule has 2 aromatic heterocycles. The average Bonchev–Trinajstić information content (AvgIpc) is 3.66. The van der Waals surface area contributed by atoms with Crippen LogP contribution < -0.4 is 15.8 Å². The number of aliphatic hydroxyl groups is 1. The van der Waals surface area contributed by atoms with Gasteiger partial charge in [0.1, 0.15) is 11.8 Å². The van der Waals surface area contributed by atoms with Crippen molar-refractivity contribution in [2.45, 2.75) is 63.5 Å². The maximum Gasteiger partial charge on any atom is 0.423 e. The number of piperazine rings is 1. The lowest BCUT2D eigenvalue weighted by Crippen LogP contribution is -2.56. The van der Waals surface area contributed by atoms with E-state index in [-0.39, 0.29) is 19.3 Å². The summed E-state index contributed by atoms with van der Waals surface area (Å²) in [4.78, 5) is 24.7. The zero-order valence-electron chi connectivity index (χ0n) is 20.3. The Morgan fingerprint density at radius 2 is 1.97 bits per heavy atom. The average molecular weight is 512 g/mol. The van der Waals surface area contributed by atoms with E-state index < -0.39 is 35.3 Å². The van der Waals surface area contributed by atoms with Gasteiger partial charge >= 0.3 is 6.18 Å². The lowest BCUT2D eigenvalue weighted by molar-refractivity contribution is -0.138. The topological polar surface area (TPSA) is 120 Å². The Morgan fingerprint density at radius 3 is 2.61 bits per heavy atom. The molecule has 4 rings (SSSR count). The molecule has 1 aliphatic heterocycles. The molecule has 1 aliphatic carbocycles. The highest BCUT2D eigenvalue weighted by molar-refractivity contribution is 5.50. The van der Waals surface area contributed by atoms with Gasteiger partial charge < -0.3 is 20.1 Å². The Balaban J connectivity index is 1.19. The van der Waals surface area contributed by atoms with Crippen LogP contribution in [0.25, 0.3) is 0 Å². The van der Waals surface area contributed by atoms with Gasteiger partial charge in [0.15, 0.2) is 0 Å². The van der Waals surface area contributed by atoms with Crippen LogP contribution in [0.5, 0.6) is 0 Å². The van der Waals surface area contributed by atoms with Gasteiger partial charge in [0, 0.05) is 50.5 Å². The minimum absolute atomic E-state index is 0.0745. The molecule has 1 unspecified atom stereocenters. The number of alkyl halides is 3. The van der Waals surface area contributed by atoms with Crippen molar-refractivity contribution in [2.75, 3.05) is 43.1 Å². The second-order valence-electron chi connectivity index (χ2n) is 9.50. The van der Waals surface area contributed by atoms with Crippen LogP contribution >= 0.6 is 0 Å². The number of hydrogen-bond donors (Lipinski definition) is 3. The normalized spacial score (nSPS) is 20.8. The van der Waals surface area contributed by atoms with Gasteiger partial charge in [-0.05, 0) is 38.2 Å². The van der Waals surface area contributed by atoms with Crippen molar-refractivity contribution in [1.82, 2.24) is 25.1 Å². The summed E-state index contributed by atoms with van der Waals surface area (Å²) in [6, 6.07) is -0.439. The first-order valence-electron chi connectivity index (χ1n) is 12.1. The number of anilines is 2. The molecule has 2 aliphatic rings. The molecule has 1 saturated carbocycles. The highest BCUT2D eigenvalue weighted by Crippen LogP contribution is 2.39. The first kappa shape index (κ1) is 26.3. The van der Waals surface area contributed by atoms with E-state index in [1.54, 1.807) is 12.0 Å². The van der Waals surface area contributed by atoms with Crippen LogP contribution in [-0.4, -0.2) is 81.3 Å². The number of nitrogens with zero attached hydrogens (tertiary/aromatic N) is 5. The second-order valence-corrected chi connectivity index (χ2v) is 9.50. The van der Waals surface area contributed by atoms with Crippen molar-refractivity contribution >= 4 is 11.6 Å². The molecule has 0 aromatic carbocycles. The Morgan fingerprint density at radius 1 is 1.25 bits per heavy atom. The molecule has 2 aromatic rings. The quantitative estimate of drug-likeness (QED) is 0.413. The first-order valence-corrected chi connectivity index (χ1v) is 12.1. The number of aromatic nitrogens is 4. The molecule has 1 saturated heterocycles. The van der Waals surface area contributed by atoms with E-state index in [1.165, 1.54) is 18.4 Å². The molecule has 3 atom stereocenters. The Kier molecular flexibility index (Phi) is 8.10. The Bertz CT molecular complexity index is 1060. The summed E-state index contributed by atoms with van der Waals surface area (Å²) in [5, 5.41) is 18.5. The van der Waals surface area contributed by atoms with Crippen LogP contribution in [0.3, 0.4) is 0 Å². The summed E-state index contributed by atoms with van der Waals surface area (Å²) in [6.45, 7) is 6.02. The molecule has 3 heterocycles. The number of nitrogens with one attached hydrogen (secondary N) is 2. The van der Waals surface area contributed by atoms with Gasteiger partial charge in [-0.2, -0.15) is 18.3 Å². The predicted molar refractivity (Wildman–Crippen MR) is 127 cm³/mol. The maximum atomic E-state index is 13.2. The Hall–Kier alpha value is -2.77. The summed E-state index contributed by atoms with van der Waals surface area (Å²) in [5.74, 6) is 1.32. The van der Waals surface area contributed by atoms with E-state index in [0.717, 1.165) is 6.20 Å². The van der Waals surface area contributed by atoms with E-state index in [9.17, 15) is 23.1 Å². The lowest BCUT2D eigenvalue weighted by Gasteiger charge is -2.42. The van der Waals surface area contributed by atoms with Crippen molar-refractivity contribution in [3.63, 3.8) is 0 Å². The van der Waals surface area contributed by atoms with E-state index in [2.05, 4.69) is 25.3 Å². The van der Waals surface area contributed by atoms with Crippen LogP contribution in [0.2, 0.25) is 0 Å². The second kappa shape index (κ2) is 11.1. The molecule has 10 nitrogen and oxygen atoms in total. The minimum Gasteiger partial charge on any atom is -0.379 e. The Labute approximate surface area is 206 Å². The molecule has 3 N–H and O–H groups in total. The number of rotatable bonds is 10. The van der Waals surface area contributed by atoms with Crippen LogP contribution in [0, 0.1) is 0 Å². The molecular formula is C23H32F3N7O3. The summed E-state index contributed by atoms with van der Waals surface area (Å²) >= 11 is 0. The summed E-state index contributed by atoms with van der Waals surface area (Å²) in [5.41, 5.74) is -1.84. The zero-order chi connectivity index (χ0) is 25.9. The van der Waals surface area contributed by atoms with Gasteiger partial charge in [-0.15, -0.1) is 0 Å². The van der Waals surface area contributed by atoms with Crippen LogP contribution in [0.1, 0.15) is 50.2 Å². The molecule has 198 valence electrons. The number of ether oxygens (including phenoxy) is 1. The third kappa shape index (κ3) is 6.51. The van der Waals surface area contributed by atoms with Crippen LogP contribution in [0.4, 0.5) is 24.8 Å². The fourth-order valence-electron chi connectivity index (χ4n) is 4.43.